The van der Waals surface area contributed by atoms with E-state index in [4.69, 9.17) is 0 Å². The van der Waals surface area contributed by atoms with Crippen molar-refractivity contribution in [1.82, 2.24) is 0 Å². The molecular weight excluding hydrogens is 148 g/mol. The van der Waals surface area contributed by atoms with Crippen LogP contribution in [0.2, 0.25) is 0 Å². The van der Waals surface area contributed by atoms with E-state index in [0.29, 0.717) is 6.42 Å². The molecule has 0 aliphatic rings. The normalized spacial score (nSPS) is 9.92. The summed E-state index contributed by atoms with van der Waals surface area (Å²) in [6.45, 7) is 6.23. The molecule has 12 heavy (non-hydrogen) atoms. The molecule has 1 radical (unpaired) electrons. The van der Waals surface area contributed by atoms with Gasteiger partial charge in [-0.2, -0.15) is 0 Å². The second-order valence-corrected chi connectivity index (χ2v) is 3.18. The van der Waals surface area contributed by atoms with Crippen molar-refractivity contribution >= 4 is 6.29 Å². The van der Waals surface area contributed by atoms with Crippen molar-refractivity contribution in [2.75, 3.05) is 0 Å². The van der Waals surface area contributed by atoms with E-state index >= 15 is 0 Å². The van der Waals surface area contributed by atoms with Crippen LogP contribution in [-0.4, -0.2) is 6.29 Å². The van der Waals surface area contributed by atoms with Gasteiger partial charge in [0.1, 0.15) is 0 Å². The third-order valence-corrected chi connectivity index (χ3v) is 2.26. The lowest BCUT2D eigenvalue weighted by molar-refractivity contribution is 0.555. The number of hydrogen-bond donors (Lipinski definition) is 0. The van der Waals surface area contributed by atoms with Crippen molar-refractivity contribution < 1.29 is 4.79 Å². The fraction of sp³-hybridized carbons (Fsp3) is 0.364. The maximum atomic E-state index is 10.2. The van der Waals surface area contributed by atoms with Gasteiger partial charge in [0.25, 0.3) is 0 Å². The molecule has 0 unspecified atom stereocenters. The topological polar surface area (TPSA) is 17.1 Å². The molecule has 1 aromatic carbocycles. The predicted molar refractivity (Wildman–Crippen MR) is 50.1 cm³/mol. The van der Waals surface area contributed by atoms with Crippen LogP contribution in [0.4, 0.5) is 0 Å². The van der Waals surface area contributed by atoms with Gasteiger partial charge in [-0.3, -0.25) is 4.79 Å². The minimum Gasteiger partial charge on any atom is -0.291 e. The summed E-state index contributed by atoms with van der Waals surface area (Å²) in [7, 11) is 0. The summed E-state index contributed by atoms with van der Waals surface area (Å²) in [6.07, 6.45) is 2.31. The van der Waals surface area contributed by atoms with Crippen LogP contribution < -0.4 is 0 Å². The molecule has 0 atom stereocenters. The lowest BCUT2D eigenvalue weighted by Crippen LogP contribution is -1.92. The Labute approximate surface area is 73.4 Å². The molecule has 0 aliphatic heterocycles. The van der Waals surface area contributed by atoms with Gasteiger partial charge < -0.3 is 0 Å². The molecule has 0 fully saturated rings. The fourth-order valence-corrected chi connectivity index (χ4v) is 1.31. The molecular formula is C11H13O. The predicted octanol–water partition coefficient (Wildman–Crippen LogP) is 2.26. The van der Waals surface area contributed by atoms with Crippen LogP contribution in [0.25, 0.3) is 0 Å². The second kappa shape index (κ2) is 3.53. The Hall–Kier alpha value is -1.11. The molecule has 1 heteroatoms. The zero-order valence-corrected chi connectivity index (χ0v) is 7.77. The van der Waals surface area contributed by atoms with Gasteiger partial charge in [0.15, 0.2) is 0 Å². The van der Waals surface area contributed by atoms with E-state index in [1.807, 2.05) is 18.4 Å². The van der Waals surface area contributed by atoms with Crippen molar-refractivity contribution in [1.29, 1.82) is 0 Å². The van der Waals surface area contributed by atoms with Gasteiger partial charge in [0.2, 0.25) is 6.29 Å². The molecule has 0 aliphatic carbocycles. The van der Waals surface area contributed by atoms with Crippen LogP contribution in [0.15, 0.2) is 12.1 Å². The van der Waals surface area contributed by atoms with Gasteiger partial charge in [-0.1, -0.05) is 12.1 Å². The first-order valence-electron chi connectivity index (χ1n) is 4.07. The Morgan fingerprint density at radius 1 is 1.17 bits per heavy atom. The Bertz CT molecular complexity index is 277. The minimum absolute atomic E-state index is 0.405. The highest BCUT2D eigenvalue weighted by atomic mass is 16.1. The molecule has 0 N–H and O–H groups in total. The van der Waals surface area contributed by atoms with E-state index in [1.165, 1.54) is 16.7 Å². The van der Waals surface area contributed by atoms with Gasteiger partial charge in [-0.25, -0.2) is 0 Å². The standard InChI is InChI=1S/C11H13O/c1-8-6-11(4-5-12)7-9(2)10(8)3/h6-7H,4H2,1-3H3. The van der Waals surface area contributed by atoms with E-state index in [9.17, 15) is 4.79 Å². The summed E-state index contributed by atoms with van der Waals surface area (Å²) in [4.78, 5) is 10.2. The van der Waals surface area contributed by atoms with Crippen LogP contribution in [-0.2, 0) is 11.2 Å². The molecule has 1 nitrogen and oxygen atoms in total. The average molecular weight is 161 g/mol. The maximum Gasteiger partial charge on any atom is 0.203 e. The van der Waals surface area contributed by atoms with E-state index in [0.717, 1.165) is 5.56 Å². The number of aryl methyl sites for hydroxylation is 2. The van der Waals surface area contributed by atoms with Gasteiger partial charge in [0, 0.05) is 6.42 Å². The van der Waals surface area contributed by atoms with E-state index < -0.39 is 0 Å². The zero-order valence-electron chi connectivity index (χ0n) is 7.77. The Morgan fingerprint density at radius 3 is 2.08 bits per heavy atom. The summed E-state index contributed by atoms with van der Waals surface area (Å²) in [5, 5.41) is 0. The molecule has 0 heterocycles. The quantitative estimate of drug-likeness (QED) is 0.650. The molecule has 0 saturated heterocycles. The summed E-state index contributed by atoms with van der Waals surface area (Å²) in [6, 6.07) is 4.10. The van der Waals surface area contributed by atoms with Crippen LogP contribution >= 0.6 is 0 Å². The molecule has 1 rings (SSSR count). The van der Waals surface area contributed by atoms with Crippen molar-refractivity contribution in [3.63, 3.8) is 0 Å². The van der Waals surface area contributed by atoms with Crippen LogP contribution in [0, 0.1) is 20.8 Å². The fourth-order valence-electron chi connectivity index (χ4n) is 1.31. The second-order valence-electron chi connectivity index (χ2n) is 3.18. The largest absolute Gasteiger partial charge is 0.291 e. The molecule has 0 aromatic heterocycles. The monoisotopic (exact) mass is 161 g/mol. The average Bonchev–Trinajstić information content (AvgIpc) is 2.01. The highest BCUT2D eigenvalue weighted by Gasteiger charge is 1.99. The molecule has 0 saturated carbocycles. The van der Waals surface area contributed by atoms with Gasteiger partial charge >= 0.3 is 0 Å². The number of hydrogen-bond acceptors (Lipinski definition) is 1. The summed E-state index contributed by atoms with van der Waals surface area (Å²) >= 11 is 0. The minimum atomic E-state index is 0.405. The van der Waals surface area contributed by atoms with Crippen LogP contribution in [0.1, 0.15) is 22.3 Å². The maximum absolute atomic E-state index is 10.2. The highest BCUT2D eigenvalue weighted by molar-refractivity contribution is 5.56. The van der Waals surface area contributed by atoms with Gasteiger partial charge in [-0.15, -0.1) is 0 Å². The molecule has 0 amide bonds. The van der Waals surface area contributed by atoms with E-state index in [2.05, 4.69) is 20.8 Å². The number of rotatable bonds is 2. The van der Waals surface area contributed by atoms with Gasteiger partial charge in [-0.05, 0) is 43.0 Å². The van der Waals surface area contributed by atoms with Crippen molar-refractivity contribution in [3.8, 4) is 0 Å². The van der Waals surface area contributed by atoms with E-state index in [1.54, 1.807) is 0 Å². The zero-order chi connectivity index (χ0) is 9.14. The number of benzene rings is 1. The van der Waals surface area contributed by atoms with Crippen molar-refractivity contribution in [2.45, 2.75) is 27.2 Å². The van der Waals surface area contributed by atoms with Crippen LogP contribution in [0.3, 0.4) is 0 Å². The highest BCUT2D eigenvalue weighted by Crippen LogP contribution is 2.15. The SMILES string of the molecule is Cc1cc(C[C]=O)cc(C)c1C. The summed E-state index contributed by atoms with van der Waals surface area (Å²) in [5.41, 5.74) is 4.87. The Kier molecular flexibility index (Phi) is 2.64. The first-order chi connectivity index (χ1) is 5.65. The smallest absolute Gasteiger partial charge is 0.203 e. The molecule has 1 aromatic rings. The molecule has 0 spiro atoms. The third-order valence-electron chi connectivity index (χ3n) is 2.26. The Balaban J connectivity index is 3.11. The van der Waals surface area contributed by atoms with Gasteiger partial charge in [0.05, 0.1) is 0 Å². The summed E-state index contributed by atoms with van der Waals surface area (Å²) in [5.74, 6) is 0. The Morgan fingerprint density at radius 2 is 1.67 bits per heavy atom. The molecule has 63 valence electrons. The van der Waals surface area contributed by atoms with Crippen LogP contribution in [0.5, 0.6) is 0 Å². The first kappa shape index (κ1) is 8.98. The summed E-state index contributed by atoms with van der Waals surface area (Å²) < 4.78 is 0. The third kappa shape index (κ3) is 1.73. The van der Waals surface area contributed by atoms with Crippen molar-refractivity contribution in [3.05, 3.63) is 34.4 Å². The first-order valence-corrected chi connectivity index (χ1v) is 4.07. The lowest BCUT2D eigenvalue weighted by atomic mass is 9.99. The van der Waals surface area contributed by atoms with Crippen molar-refractivity contribution in [2.24, 2.45) is 0 Å². The van der Waals surface area contributed by atoms with E-state index in [-0.39, 0.29) is 0 Å². The molecule has 0 bridgehead atoms. The number of carbonyl (C=O) groups excluding carboxylic acids is 1. The lowest BCUT2D eigenvalue weighted by Gasteiger charge is -2.06.